The number of rotatable bonds is 10. The number of hydrogen-bond donors (Lipinski definition) is 0. The molecule has 2 aromatic carbocycles. The molecular weight excluding hydrogens is 318 g/mol. The van der Waals surface area contributed by atoms with Gasteiger partial charge in [0, 0.05) is 30.4 Å². The maximum absolute atomic E-state index is 10.5. The first kappa shape index (κ1) is 18.8. The lowest BCUT2D eigenvalue weighted by Gasteiger charge is -2.42. The molecule has 2 aromatic rings. The second-order valence-corrected chi connectivity index (χ2v) is 7.69. The number of carbonyl (C=O) groups is 1. The molecular formula is C24H32NO+. The minimum atomic E-state index is 0.440. The van der Waals surface area contributed by atoms with E-state index in [-0.39, 0.29) is 0 Å². The Balaban J connectivity index is 1.80. The van der Waals surface area contributed by atoms with E-state index >= 15 is 0 Å². The number of nitrogens with zero attached hydrogens (tertiary/aromatic N) is 1. The summed E-state index contributed by atoms with van der Waals surface area (Å²) in [6, 6.07) is 22.6. The largest absolute Gasteiger partial charge is 0.314 e. The number of aldehydes is 1. The summed E-state index contributed by atoms with van der Waals surface area (Å²) in [4.78, 5) is 10.5. The van der Waals surface area contributed by atoms with E-state index in [1.165, 1.54) is 67.3 Å². The summed E-state index contributed by atoms with van der Waals surface area (Å²) >= 11 is 0. The molecule has 1 heterocycles. The molecule has 0 aromatic heterocycles. The summed E-state index contributed by atoms with van der Waals surface area (Å²) in [7, 11) is 0. The van der Waals surface area contributed by atoms with Crippen LogP contribution in [0.4, 0.5) is 0 Å². The fourth-order valence-corrected chi connectivity index (χ4v) is 4.68. The Hall–Kier alpha value is -1.93. The number of hydrogen-bond acceptors (Lipinski definition) is 1. The average Bonchev–Trinajstić information content (AvgIpc) is 3.16. The van der Waals surface area contributed by atoms with Crippen molar-refractivity contribution >= 4 is 6.29 Å². The van der Waals surface area contributed by atoms with Gasteiger partial charge in [-0.1, -0.05) is 67.1 Å². The van der Waals surface area contributed by atoms with Crippen LogP contribution in [0.15, 0.2) is 60.7 Å². The monoisotopic (exact) mass is 350 g/mol. The topological polar surface area (TPSA) is 17.1 Å². The van der Waals surface area contributed by atoms with Crippen LogP contribution in [0.25, 0.3) is 0 Å². The van der Waals surface area contributed by atoms with Crippen molar-refractivity contribution in [2.24, 2.45) is 0 Å². The third-order valence-electron chi connectivity index (χ3n) is 5.91. The van der Waals surface area contributed by atoms with E-state index < -0.39 is 0 Å². The van der Waals surface area contributed by atoms with E-state index in [1.54, 1.807) is 0 Å². The molecule has 1 fully saturated rings. The van der Waals surface area contributed by atoms with Gasteiger partial charge in [0.2, 0.25) is 0 Å². The first-order valence-corrected chi connectivity index (χ1v) is 10.2. The third kappa shape index (κ3) is 4.62. The minimum absolute atomic E-state index is 0.440. The smallest absolute Gasteiger partial charge is 0.140 e. The van der Waals surface area contributed by atoms with Gasteiger partial charge in [-0.05, 0) is 19.3 Å². The van der Waals surface area contributed by atoms with Crippen LogP contribution in [0.2, 0.25) is 0 Å². The molecule has 0 saturated carbocycles. The van der Waals surface area contributed by atoms with Crippen LogP contribution in [0.5, 0.6) is 0 Å². The van der Waals surface area contributed by atoms with Gasteiger partial charge in [-0.2, -0.15) is 0 Å². The third-order valence-corrected chi connectivity index (χ3v) is 5.91. The van der Waals surface area contributed by atoms with Crippen molar-refractivity contribution in [3.8, 4) is 0 Å². The molecule has 3 rings (SSSR count). The van der Waals surface area contributed by atoms with Crippen molar-refractivity contribution in [2.45, 2.75) is 51.0 Å². The number of carbonyl (C=O) groups excluding carboxylic acids is 1. The summed E-state index contributed by atoms with van der Waals surface area (Å²) in [5, 5.41) is 0. The van der Waals surface area contributed by atoms with Gasteiger partial charge in [-0.3, -0.25) is 0 Å². The maximum atomic E-state index is 10.5. The van der Waals surface area contributed by atoms with Crippen molar-refractivity contribution in [2.75, 3.05) is 19.6 Å². The summed E-state index contributed by atoms with van der Waals surface area (Å²) in [6.07, 6.45) is 9.16. The zero-order chi connectivity index (χ0) is 18.1. The quantitative estimate of drug-likeness (QED) is 0.312. The van der Waals surface area contributed by atoms with Gasteiger partial charge in [-0.15, -0.1) is 0 Å². The first-order chi connectivity index (χ1) is 12.9. The molecule has 0 aliphatic carbocycles. The normalized spacial score (nSPS) is 16.0. The fraction of sp³-hybridized carbons (Fsp3) is 0.458. The highest BCUT2D eigenvalue weighted by atomic mass is 16.1. The second-order valence-electron chi connectivity index (χ2n) is 7.69. The lowest BCUT2D eigenvalue weighted by molar-refractivity contribution is -0.941. The van der Waals surface area contributed by atoms with E-state index in [2.05, 4.69) is 60.7 Å². The number of benzene rings is 2. The molecule has 138 valence electrons. The summed E-state index contributed by atoms with van der Waals surface area (Å²) < 4.78 is 1.20. The number of unbranched alkanes of at least 4 members (excludes halogenated alkanes) is 4. The minimum Gasteiger partial charge on any atom is -0.314 e. The van der Waals surface area contributed by atoms with Crippen molar-refractivity contribution in [3.05, 3.63) is 71.8 Å². The Bertz CT molecular complexity index is 607. The molecule has 0 amide bonds. The van der Waals surface area contributed by atoms with E-state index in [0.29, 0.717) is 6.04 Å². The Kier molecular flexibility index (Phi) is 7.02. The predicted molar refractivity (Wildman–Crippen MR) is 108 cm³/mol. The molecule has 0 radical (unpaired) electrons. The van der Waals surface area contributed by atoms with E-state index in [0.717, 1.165) is 19.1 Å². The summed E-state index contributed by atoms with van der Waals surface area (Å²) in [6.45, 7) is 3.81. The second kappa shape index (κ2) is 9.68. The molecule has 0 N–H and O–H groups in total. The van der Waals surface area contributed by atoms with Gasteiger partial charge in [-0.25, -0.2) is 0 Å². The zero-order valence-electron chi connectivity index (χ0n) is 15.9. The van der Waals surface area contributed by atoms with Gasteiger partial charge >= 0.3 is 0 Å². The van der Waals surface area contributed by atoms with Crippen LogP contribution >= 0.6 is 0 Å². The van der Waals surface area contributed by atoms with E-state index in [4.69, 9.17) is 0 Å². The standard InChI is InChI=1S/C24H32NO/c26-21-13-3-1-2-10-18-25(19-11-12-20-25)24(22-14-6-4-7-15-22)23-16-8-5-9-17-23/h4-9,14-17,21,24H,1-3,10-13,18-20H2/q+1. The first-order valence-electron chi connectivity index (χ1n) is 10.2. The van der Waals surface area contributed by atoms with Crippen LogP contribution in [0.1, 0.15) is 62.1 Å². The van der Waals surface area contributed by atoms with Gasteiger partial charge < -0.3 is 9.28 Å². The van der Waals surface area contributed by atoms with Gasteiger partial charge in [0.25, 0.3) is 0 Å². The molecule has 26 heavy (non-hydrogen) atoms. The molecule has 0 spiro atoms. The summed E-state index contributed by atoms with van der Waals surface area (Å²) in [5.41, 5.74) is 2.89. The zero-order valence-corrected chi connectivity index (χ0v) is 15.9. The Morgan fingerprint density at radius 1 is 0.769 bits per heavy atom. The van der Waals surface area contributed by atoms with Crippen LogP contribution in [0.3, 0.4) is 0 Å². The molecule has 0 bridgehead atoms. The van der Waals surface area contributed by atoms with Crippen LogP contribution in [0, 0.1) is 0 Å². The van der Waals surface area contributed by atoms with Crippen LogP contribution < -0.4 is 0 Å². The number of likely N-dealkylation sites (tertiary alicyclic amines) is 1. The van der Waals surface area contributed by atoms with Crippen molar-refractivity contribution in [3.63, 3.8) is 0 Å². The molecule has 1 saturated heterocycles. The lowest BCUT2D eigenvalue weighted by atomic mass is 9.94. The highest BCUT2D eigenvalue weighted by Crippen LogP contribution is 2.39. The van der Waals surface area contributed by atoms with Crippen molar-refractivity contribution < 1.29 is 9.28 Å². The van der Waals surface area contributed by atoms with Crippen LogP contribution in [-0.2, 0) is 4.79 Å². The molecule has 2 heteroatoms. The Labute approximate surface area is 158 Å². The Morgan fingerprint density at radius 3 is 1.85 bits per heavy atom. The van der Waals surface area contributed by atoms with Crippen LogP contribution in [-0.4, -0.2) is 30.4 Å². The molecule has 1 aliphatic heterocycles. The predicted octanol–water partition coefficient (Wildman–Crippen LogP) is 5.54. The molecule has 0 atom stereocenters. The highest BCUT2D eigenvalue weighted by Gasteiger charge is 2.41. The summed E-state index contributed by atoms with van der Waals surface area (Å²) in [5.74, 6) is 0. The molecule has 0 unspecified atom stereocenters. The number of quaternary nitrogens is 1. The fourth-order valence-electron chi connectivity index (χ4n) is 4.68. The van der Waals surface area contributed by atoms with Gasteiger partial charge in [0.05, 0.1) is 19.6 Å². The lowest BCUT2D eigenvalue weighted by Crippen LogP contribution is -2.49. The van der Waals surface area contributed by atoms with Gasteiger partial charge in [0.1, 0.15) is 12.3 Å². The highest BCUT2D eigenvalue weighted by molar-refractivity contribution is 5.48. The SMILES string of the molecule is O=CCCCCCC[N+]1(C(c2ccccc2)c2ccccc2)CCCC1. The van der Waals surface area contributed by atoms with Crippen molar-refractivity contribution in [1.82, 2.24) is 0 Å². The van der Waals surface area contributed by atoms with Crippen molar-refractivity contribution in [1.29, 1.82) is 0 Å². The molecule has 1 aliphatic rings. The molecule has 2 nitrogen and oxygen atoms in total. The van der Waals surface area contributed by atoms with E-state index in [9.17, 15) is 4.79 Å². The average molecular weight is 351 g/mol. The van der Waals surface area contributed by atoms with Gasteiger partial charge in [0.15, 0.2) is 0 Å². The maximum Gasteiger partial charge on any atom is 0.140 e. The Morgan fingerprint density at radius 2 is 1.31 bits per heavy atom. The van der Waals surface area contributed by atoms with E-state index in [1.807, 2.05) is 0 Å².